The number of pyridine rings is 1. The van der Waals surface area contributed by atoms with Gasteiger partial charge in [-0.1, -0.05) is 12.2 Å². The molecule has 0 amide bonds. The number of fused-ring (bicyclic) bond motifs is 1. The second kappa shape index (κ2) is 8.20. The first-order valence-electron chi connectivity index (χ1n) is 9.23. The third-order valence-corrected chi connectivity index (χ3v) is 5.91. The molecule has 3 aromatic heterocycles. The van der Waals surface area contributed by atoms with E-state index in [0.29, 0.717) is 22.8 Å². The molecule has 0 aliphatic carbocycles. The zero-order valence-corrected chi connectivity index (χ0v) is 17.6. The maximum absolute atomic E-state index is 13.1. The standard InChI is InChI=1S/C20H20N6O4S/c1-25-20-15(11-22-25)5-6-17(30-2)19(20)24-31(28,29)16-12-23-26(13-16)18-10-14(4-3-9-27)7-8-21-18/h3-8,10-13,24,27H,9H2,1-2H3. The van der Waals surface area contributed by atoms with Crippen LogP contribution in [0, 0.1) is 0 Å². The van der Waals surface area contributed by atoms with Crippen molar-refractivity contribution >= 4 is 32.7 Å². The van der Waals surface area contributed by atoms with Crippen molar-refractivity contribution in [3.05, 3.63) is 60.7 Å². The van der Waals surface area contributed by atoms with Gasteiger partial charge in [-0.3, -0.25) is 9.40 Å². The van der Waals surface area contributed by atoms with Gasteiger partial charge in [-0.2, -0.15) is 10.2 Å². The SMILES string of the molecule is COc1ccc2cnn(C)c2c1NS(=O)(=O)c1cnn(-c2cc(C=CCO)ccn2)c1. The van der Waals surface area contributed by atoms with E-state index >= 15 is 0 Å². The Balaban J connectivity index is 1.69. The molecular formula is C20H20N6O4S. The van der Waals surface area contributed by atoms with Crippen molar-refractivity contribution in [1.82, 2.24) is 24.5 Å². The summed E-state index contributed by atoms with van der Waals surface area (Å²) < 4.78 is 37.1. The average molecular weight is 440 g/mol. The lowest BCUT2D eigenvalue weighted by molar-refractivity contribution is 0.343. The number of nitrogens with one attached hydrogen (secondary N) is 1. The molecule has 2 N–H and O–H groups in total. The van der Waals surface area contributed by atoms with Crippen LogP contribution in [0.3, 0.4) is 0 Å². The zero-order chi connectivity index (χ0) is 22.0. The number of rotatable bonds is 7. The first-order valence-corrected chi connectivity index (χ1v) is 10.7. The molecule has 1 aromatic carbocycles. The van der Waals surface area contributed by atoms with Crippen LogP contribution in [0.4, 0.5) is 5.69 Å². The van der Waals surface area contributed by atoms with Gasteiger partial charge in [-0.05, 0) is 29.8 Å². The number of hydrogen-bond donors (Lipinski definition) is 2. The van der Waals surface area contributed by atoms with Crippen LogP contribution < -0.4 is 9.46 Å². The summed E-state index contributed by atoms with van der Waals surface area (Å²) >= 11 is 0. The summed E-state index contributed by atoms with van der Waals surface area (Å²) in [5.41, 5.74) is 1.69. The van der Waals surface area contributed by atoms with Crippen molar-refractivity contribution < 1.29 is 18.3 Å². The molecule has 0 aliphatic rings. The fraction of sp³-hybridized carbons (Fsp3) is 0.150. The molecule has 0 fully saturated rings. The molecule has 10 nitrogen and oxygen atoms in total. The van der Waals surface area contributed by atoms with Crippen molar-refractivity contribution in [1.29, 1.82) is 0 Å². The number of ether oxygens (including phenoxy) is 1. The summed E-state index contributed by atoms with van der Waals surface area (Å²) in [6.45, 7) is -0.0830. The molecule has 0 unspecified atom stereocenters. The van der Waals surface area contributed by atoms with Crippen LogP contribution in [0.2, 0.25) is 0 Å². The Labute approximate surface area is 178 Å². The highest BCUT2D eigenvalue weighted by Crippen LogP contribution is 2.34. The van der Waals surface area contributed by atoms with Crippen LogP contribution >= 0.6 is 0 Å². The number of aryl methyl sites for hydroxylation is 1. The van der Waals surface area contributed by atoms with Crippen molar-refractivity contribution in [2.45, 2.75) is 4.90 Å². The summed E-state index contributed by atoms with van der Waals surface area (Å²) in [4.78, 5) is 4.19. The van der Waals surface area contributed by atoms with Crippen LogP contribution in [-0.2, 0) is 17.1 Å². The lowest BCUT2D eigenvalue weighted by Gasteiger charge is -2.13. The van der Waals surface area contributed by atoms with Crippen LogP contribution in [0.5, 0.6) is 5.75 Å². The lowest BCUT2D eigenvalue weighted by atomic mass is 10.2. The Bertz CT molecular complexity index is 1370. The van der Waals surface area contributed by atoms with Gasteiger partial charge in [-0.25, -0.2) is 18.1 Å². The van der Waals surface area contributed by atoms with E-state index in [1.807, 2.05) is 0 Å². The van der Waals surface area contributed by atoms with E-state index in [0.717, 1.165) is 10.9 Å². The van der Waals surface area contributed by atoms with Crippen molar-refractivity contribution in [2.24, 2.45) is 7.05 Å². The molecule has 0 radical (unpaired) electrons. The van der Waals surface area contributed by atoms with Gasteiger partial charge < -0.3 is 9.84 Å². The molecular weight excluding hydrogens is 420 g/mol. The van der Waals surface area contributed by atoms with Gasteiger partial charge in [-0.15, -0.1) is 0 Å². The number of sulfonamides is 1. The quantitative estimate of drug-likeness (QED) is 0.450. The summed E-state index contributed by atoms with van der Waals surface area (Å²) in [5, 5.41) is 18.0. The molecule has 0 atom stereocenters. The Kier molecular flexibility index (Phi) is 5.44. The number of aromatic nitrogens is 5. The van der Waals surface area contributed by atoms with E-state index in [9.17, 15) is 8.42 Å². The zero-order valence-electron chi connectivity index (χ0n) is 16.8. The Morgan fingerprint density at radius 1 is 1.23 bits per heavy atom. The number of hydrogen-bond acceptors (Lipinski definition) is 7. The van der Waals surface area contributed by atoms with E-state index in [2.05, 4.69) is 19.9 Å². The third-order valence-electron chi connectivity index (χ3n) is 4.61. The van der Waals surface area contributed by atoms with Crippen LogP contribution in [0.1, 0.15) is 5.56 Å². The average Bonchev–Trinajstić information content (AvgIpc) is 3.41. The van der Waals surface area contributed by atoms with E-state index in [1.165, 1.54) is 24.2 Å². The molecule has 11 heteroatoms. The number of aliphatic hydroxyl groups excluding tert-OH is 1. The highest BCUT2D eigenvalue weighted by Gasteiger charge is 2.22. The van der Waals surface area contributed by atoms with E-state index in [4.69, 9.17) is 9.84 Å². The summed E-state index contributed by atoms with van der Waals surface area (Å²) in [5.74, 6) is 0.810. The highest BCUT2D eigenvalue weighted by atomic mass is 32.2. The van der Waals surface area contributed by atoms with Gasteiger partial charge in [0.2, 0.25) is 0 Å². The molecule has 31 heavy (non-hydrogen) atoms. The van der Waals surface area contributed by atoms with Gasteiger partial charge in [0.25, 0.3) is 10.0 Å². The molecule has 160 valence electrons. The monoisotopic (exact) mass is 440 g/mol. The number of aliphatic hydroxyl groups is 1. The lowest BCUT2D eigenvalue weighted by Crippen LogP contribution is -2.14. The van der Waals surface area contributed by atoms with E-state index in [1.54, 1.807) is 60.5 Å². The van der Waals surface area contributed by atoms with Gasteiger partial charge in [0, 0.05) is 18.6 Å². The number of methoxy groups -OCH3 is 1. The van der Waals surface area contributed by atoms with Crippen molar-refractivity contribution in [3.63, 3.8) is 0 Å². The fourth-order valence-electron chi connectivity index (χ4n) is 3.13. The molecule has 0 saturated carbocycles. The van der Waals surface area contributed by atoms with Gasteiger partial charge in [0.1, 0.15) is 16.3 Å². The topological polar surface area (TPSA) is 124 Å². The van der Waals surface area contributed by atoms with Crippen molar-refractivity contribution in [2.75, 3.05) is 18.4 Å². The highest BCUT2D eigenvalue weighted by molar-refractivity contribution is 7.92. The largest absolute Gasteiger partial charge is 0.494 e. The minimum Gasteiger partial charge on any atom is -0.494 e. The smallest absolute Gasteiger partial charge is 0.265 e. The molecule has 0 saturated heterocycles. The predicted molar refractivity (Wildman–Crippen MR) is 116 cm³/mol. The molecule has 4 rings (SSSR count). The molecule has 0 spiro atoms. The fourth-order valence-corrected chi connectivity index (χ4v) is 4.14. The maximum atomic E-state index is 13.1. The second-order valence-corrected chi connectivity index (χ2v) is 8.29. The first kappa shape index (κ1) is 20.6. The third kappa shape index (κ3) is 4.00. The Morgan fingerprint density at radius 3 is 2.84 bits per heavy atom. The maximum Gasteiger partial charge on any atom is 0.265 e. The number of anilines is 1. The molecule has 0 bridgehead atoms. The number of nitrogens with zero attached hydrogens (tertiary/aromatic N) is 5. The first-order chi connectivity index (χ1) is 14.9. The van der Waals surface area contributed by atoms with Crippen LogP contribution in [-0.4, -0.2) is 51.8 Å². The van der Waals surface area contributed by atoms with E-state index < -0.39 is 10.0 Å². The number of benzene rings is 1. The van der Waals surface area contributed by atoms with Gasteiger partial charge in [0.05, 0.1) is 37.8 Å². The second-order valence-electron chi connectivity index (χ2n) is 6.61. The normalized spacial score (nSPS) is 12.0. The summed E-state index contributed by atoms with van der Waals surface area (Å²) in [6, 6.07) is 6.98. The molecule has 4 aromatic rings. The minimum atomic E-state index is -3.97. The van der Waals surface area contributed by atoms with E-state index in [-0.39, 0.29) is 11.5 Å². The summed E-state index contributed by atoms with van der Waals surface area (Å²) in [6.07, 6.45) is 9.17. The Morgan fingerprint density at radius 2 is 2.06 bits per heavy atom. The van der Waals surface area contributed by atoms with Crippen LogP contribution in [0.25, 0.3) is 22.8 Å². The predicted octanol–water partition coefficient (Wildman–Crippen LogP) is 1.97. The van der Waals surface area contributed by atoms with Crippen LogP contribution in [0.15, 0.2) is 60.0 Å². The summed E-state index contributed by atoms with van der Waals surface area (Å²) in [7, 11) is -0.780. The minimum absolute atomic E-state index is 0.0353. The molecule has 3 heterocycles. The Hall–Kier alpha value is -3.70. The van der Waals surface area contributed by atoms with Crippen molar-refractivity contribution in [3.8, 4) is 11.6 Å². The van der Waals surface area contributed by atoms with Gasteiger partial charge >= 0.3 is 0 Å². The molecule has 0 aliphatic heterocycles. The van der Waals surface area contributed by atoms with Gasteiger partial charge in [0.15, 0.2) is 5.82 Å².